The van der Waals surface area contributed by atoms with Gasteiger partial charge in [0, 0.05) is 38.0 Å². The summed E-state index contributed by atoms with van der Waals surface area (Å²) in [5, 5.41) is 19.8. The molecule has 2 N–H and O–H groups in total. The lowest BCUT2D eigenvalue weighted by atomic mass is 10.1. The molecule has 0 saturated carbocycles. The maximum absolute atomic E-state index is 13.0. The highest BCUT2D eigenvalue weighted by molar-refractivity contribution is 7.89. The molecule has 0 atom stereocenters. The number of hydrogen-bond donors (Lipinski definition) is 1. The fraction of sp³-hybridized carbons (Fsp3) is 0.211. The fourth-order valence-electron chi connectivity index (χ4n) is 3.05. The minimum Gasteiger partial charge on any atom is -0.367 e. The van der Waals surface area contributed by atoms with E-state index in [1.54, 1.807) is 24.3 Å². The molecule has 1 heterocycles. The summed E-state index contributed by atoms with van der Waals surface area (Å²) in [7, 11) is -3.87. The molecular formula is C19H19N5O4S. The van der Waals surface area contributed by atoms with Crippen molar-refractivity contribution in [3.63, 3.8) is 0 Å². The molecule has 2 aromatic rings. The molecule has 0 saturated heterocycles. The third-order valence-electron chi connectivity index (χ3n) is 4.56. The number of hydrogen-bond acceptors (Lipinski definition) is 7. The van der Waals surface area contributed by atoms with E-state index in [9.17, 15) is 18.5 Å². The first-order chi connectivity index (χ1) is 13.9. The Balaban J connectivity index is 1.98. The van der Waals surface area contributed by atoms with E-state index in [1.165, 1.54) is 34.8 Å². The molecule has 1 aliphatic rings. The fourth-order valence-corrected chi connectivity index (χ4v) is 4.36. The van der Waals surface area contributed by atoms with E-state index in [2.05, 4.69) is 6.07 Å². The molecule has 1 aliphatic heterocycles. The van der Waals surface area contributed by atoms with Gasteiger partial charge in [0.05, 0.1) is 33.7 Å². The maximum Gasteiger partial charge on any atom is 0.269 e. The SMILES string of the molecule is N#Cc1ccc(C2=CN(S(=O)(=O)c3ccc([N+](=O)[O-])cc3)CCN2CCN)cc1. The van der Waals surface area contributed by atoms with E-state index in [-0.39, 0.29) is 17.1 Å². The van der Waals surface area contributed by atoms with Crippen LogP contribution in [0.3, 0.4) is 0 Å². The van der Waals surface area contributed by atoms with Crippen molar-refractivity contribution in [3.05, 3.63) is 76.0 Å². The zero-order valence-electron chi connectivity index (χ0n) is 15.4. The van der Waals surface area contributed by atoms with Crippen molar-refractivity contribution in [2.45, 2.75) is 4.90 Å². The van der Waals surface area contributed by atoms with Crippen molar-refractivity contribution in [1.29, 1.82) is 5.26 Å². The minimum atomic E-state index is -3.87. The maximum atomic E-state index is 13.0. The zero-order chi connectivity index (χ0) is 21.0. The van der Waals surface area contributed by atoms with E-state index in [0.717, 1.165) is 5.56 Å². The van der Waals surface area contributed by atoms with Crippen LogP contribution in [-0.2, 0) is 10.0 Å². The molecule has 0 unspecified atom stereocenters. The lowest BCUT2D eigenvalue weighted by molar-refractivity contribution is -0.384. The molecule has 10 heteroatoms. The summed E-state index contributed by atoms with van der Waals surface area (Å²) in [6, 6.07) is 13.7. The molecule has 3 rings (SSSR count). The Bertz CT molecular complexity index is 1070. The molecule has 0 radical (unpaired) electrons. The highest BCUT2D eigenvalue weighted by Gasteiger charge is 2.28. The van der Waals surface area contributed by atoms with Crippen molar-refractivity contribution in [1.82, 2.24) is 9.21 Å². The zero-order valence-corrected chi connectivity index (χ0v) is 16.2. The molecule has 2 aromatic carbocycles. The second kappa shape index (κ2) is 8.30. The molecular weight excluding hydrogens is 394 g/mol. The third-order valence-corrected chi connectivity index (χ3v) is 6.33. The van der Waals surface area contributed by atoms with Gasteiger partial charge >= 0.3 is 0 Å². The third kappa shape index (κ3) is 4.21. The molecule has 0 fully saturated rings. The first-order valence-corrected chi connectivity index (χ1v) is 10.2. The second-order valence-corrected chi connectivity index (χ2v) is 8.24. The molecule has 29 heavy (non-hydrogen) atoms. The summed E-state index contributed by atoms with van der Waals surface area (Å²) >= 11 is 0. The highest BCUT2D eigenvalue weighted by Crippen LogP contribution is 2.28. The molecule has 0 bridgehead atoms. The second-order valence-electron chi connectivity index (χ2n) is 6.35. The summed E-state index contributed by atoms with van der Waals surface area (Å²) in [5.74, 6) is 0. The van der Waals surface area contributed by atoms with Crippen LogP contribution in [0.15, 0.2) is 59.6 Å². The predicted octanol–water partition coefficient (Wildman–Crippen LogP) is 1.73. The predicted molar refractivity (Wildman–Crippen MR) is 107 cm³/mol. The smallest absolute Gasteiger partial charge is 0.269 e. The lowest BCUT2D eigenvalue weighted by Gasteiger charge is -2.36. The van der Waals surface area contributed by atoms with Gasteiger partial charge in [-0.3, -0.25) is 14.4 Å². The number of rotatable bonds is 6. The number of sulfonamides is 1. The number of nitro benzene ring substituents is 1. The molecule has 150 valence electrons. The van der Waals surface area contributed by atoms with Crippen molar-refractivity contribution in [2.24, 2.45) is 5.73 Å². The largest absolute Gasteiger partial charge is 0.367 e. The quantitative estimate of drug-likeness (QED) is 0.563. The van der Waals surface area contributed by atoms with E-state index >= 15 is 0 Å². The van der Waals surface area contributed by atoms with Crippen LogP contribution in [0.25, 0.3) is 5.70 Å². The van der Waals surface area contributed by atoms with Gasteiger partial charge in [-0.05, 0) is 29.8 Å². The summed E-state index contributed by atoms with van der Waals surface area (Å²) in [5.41, 5.74) is 7.47. The number of nitro groups is 1. The van der Waals surface area contributed by atoms with Crippen LogP contribution in [0.4, 0.5) is 5.69 Å². The number of nitrogens with two attached hydrogens (primary N) is 1. The monoisotopic (exact) mass is 413 g/mol. The van der Waals surface area contributed by atoms with E-state index in [0.29, 0.717) is 30.9 Å². The van der Waals surface area contributed by atoms with Crippen molar-refractivity contribution in [2.75, 3.05) is 26.2 Å². The molecule has 0 amide bonds. The van der Waals surface area contributed by atoms with Crippen LogP contribution < -0.4 is 5.73 Å². The molecule has 0 aromatic heterocycles. The topological polar surface area (TPSA) is 134 Å². The summed E-state index contributed by atoms with van der Waals surface area (Å²) in [6.07, 6.45) is 1.54. The number of nitrogens with zero attached hydrogens (tertiary/aromatic N) is 4. The standard InChI is InChI=1S/C19H19N5O4S/c20-9-10-22-11-12-23(14-19(22)16-3-1-15(13-21)2-4-16)29(27,28)18-7-5-17(6-8-18)24(25)26/h1-8,14H,9-12,20H2. The minimum absolute atomic E-state index is 0.0224. The van der Waals surface area contributed by atoms with Gasteiger partial charge < -0.3 is 10.6 Å². The van der Waals surface area contributed by atoms with Gasteiger partial charge in [0.2, 0.25) is 0 Å². The Kier molecular flexibility index (Phi) is 5.81. The number of non-ortho nitro benzene ring substituents is 1. The van der Waals surface area contributed by atoms with Gasteiger partial charge in [-0.15, -0.1) is 0 Å². The molecule has 0 aliphatic carbocycles. The molecule has 0 spiro atoms. The summed E-state index contributed by atoms with van der Waals surface area (Å²) in [6.45, 7) is 1.62. The van der Waals surface area contributed by atoms with Crippen LogP contribution in [0, 0.1) is 21.4 Å². The average Bonchev–Trinajstić information content (AvgIpc) is 2.74. The van der Waals surface area contributed by atoms with Crippen LogP contribution in [-0.4, -0.2) is 48.7 Å². The van der Waals surface area contributed by atoms with Gasteiger partial charge in [-0.2, -0.15) is 5.26 Å². The average molecular weight is 413 g/mol. The van der Waals surface area contributed by atoms with Crippen molar-refractivity contribution in [3.8, 4) is 6.07 Å². The van der Waals surface area contributed by atoms with Gasteiger partial charge in [-0.1, -0.05) is 12.1 Å². The van der Waals surface area contributed by atoms with Crippen LogP contribution >= 0.6 is 0 Å². The van der Waals surface area contributed by atoms with Crippen molar-refractivity contribution < 1.29 is 13.3 Å². The summed E-state index contributed by atoms with van der Waals surface area (Å²) < 4.78 is 27.3. The number of benzene rings is 2. The van der Waals surface area contributed by atoms with Gasteiger partial charge in [0.1, 0.15) is 0 Å². The number of nitriles is 1. The Labute approximate surface area is 168 Å². The first kappa shape index (κ1) is 20.3. The summed E-state index contributed by atoms with van der Waals surface area (Å²) in [4.78, 5) is 12.2. The Morgan fingerprint density at radius 2 is 1.76 bits per heavy atom. The van der Waals surface area contributed by atoms with E-state index in [4.69, 9.17) is 11.0 Å². The normalized spacial score (nSPS) is 14.3. The molecule has 9 nitrogen and oxygen atoms in total. The van der Waals surface area contributed by atoms with Gasteiger partial charge in [0.25, 0.3) is 15.7 Å². The Hall–Kier alpha value is -3.42. The van der Waals surface area contributed by atoms with Crippen molar-refractivity contribution >= 4 is 21.4 Å². The Morgan fingerprint density at radius 3 is 2.31 bits per heavy atom. The van der Waals surface area contributed by atoms with Crippen LogP contribution in [0.1, 0.15) is 11.1 Å². The Morgan fingerprint density at radius 1 is 1.10 bits per heavy atom. The van der Waals surface area contributed by atoms with Crippen LogP contribution in [0.5, 0.6) is 0 Å². The van der Waals surface area contributed by atoms with E-state index in [1.807, 2.05) is 4.90 Å². The van der Waals surface area contributed by atoms with Crippen LogP contribution in [0.2, 0.25) is 0 Å². The van der Waals surface area contributed by atoms with E-state index < -0.39 is 14.9 Å². The lowest BCUT2D eigenvalue weighted by Crippen LogP contribution is -2.42. The first-order valence-electron chi connectivity index (χ1n) is 8.80. The highest BCUT2D eigenvalue weighted by atomic mass is 32.2. The van der Waals surface area contributed by atoms with Gasteiger partial charge in [0.15, 0.2) is 0 Å². The van der Waals surface area contributed by atoms with Gasteiger partial charge in [-0.25, -0.2) is 8.42 Å².